The summed E-state index contributed by atoms with van der Waals surface area (Å²) < 4.78 is 2.16. The van der Waals surface area contributed by atoms with E-state index in [0.29, 0.717) is 6.04 Å². The molecule has 2 atom stereocenters. The second kappa shape index (κ2) is 6.96. The van der Waals surface area contributed by atoms with Gasteiger partial charge < -0.3 is 9.88 Å². The molecule has 26 heavy (non-hydrogen) atoms. The molecule has 0 radical (unpaired) electrons. The van der Waals surface area contributed by atoms with E-state index in [9.17, 15) is 4.79 Å². The molecule has 1 aromatic heterocycles. The van der Waals surface area contributed by atoms with E-state index in [1.54, 1.807) is 0 Å². The van der Waals surface area contributed by atoms with Crippen LogP contribution in [0.1, 0.15) is 31.5 Å². The van der Waals surface area contributed by atoms with Crippen molar-refractivity contribution in [3.8, 4) is 0 Å². The van der Waals surface area contributed by atoms with Crippen LogP contribution in [0.3, 0.4) is 0 Å². The summed E-state index contributed by atoms with van der Waals surface area (Å²) in [5, 5.41) is 5.37. The van der Waals surface area contributed by atoms with Crippen molar-refractivity contribution in [2.75, 3.05) is 11.9 Å². The van der Waals surface area contributed by atoms with Crippen molar-refractivity contribution >= 4 is 22.4 Å². The average molecular weight is 347 g/mol. The van der Waals surface area contributed by atoms with Crippen molar-refractivity contribution in [1.29, 1.82) is 0 Å². The Labute approximate surface area is 154 Å². The maximum atomic E-state index is 13.0. The van der Waals surface area contributed by atoms with Crippen molar-refractivity contribution < 1.29 is 4.79 Å². The Morgan fingerprint density at radius 1 is 1.12 bits per heavy atom. The second-order valence-electron chi connectivity index (χ2n) is 7.13. The number of rotatable bonds is 4. The number of aromatic nitrogens is 1. The van der Waals surface area contributed by atoms with Crippen LogP contribution >= 0.6 is 0 Å². The van der Waals surface area contributed by atoms with Gasteiger partial charge in [-0.1, -0.05) is 36.4 Å². The van der Waals surface area contributed by atoms with Gasteiger partial charge in [-0.25, -0.2) is 0 Å². The number of hydrogen-bond donors (Lipinski definition) is 1. The minimum Gasteiger partial charge on any atom is -0.353 e. The SMILES string of the molecule is C[C@H](C(=O)Nc1cccc2ccccc12)N1CCC[C@@H]1c1cccn1C. The first-order valence-electron chi connectivity index (χ1n) is 9.31. The lowest BCUT2D eigenvalue weighted by atomic mass is 10.1. The zero-order valence-corrected chi connectivity index (χ0v) is 15.4. The monoisotopic (exact) mass is 347 g/mol. The Hall–Kier alpha value is -2.59. The van der Waals surface area contributed by atoms with E-state index in [1.807, 2.05) is 31.2 Å². The number of likely N-dealkylation sites (tertiary alicyclic amines) is 1. The van der Waals surface area contributed by atoms with Crippen LogP contribution in [-0.2, 0) is 11.8 Å². The number of nitrogens with one attached hydrogen (secondary N) is 1. The van der Waals surface area contributed by atoms with Gasteiger partial charge in [0.1, 0.15) is 0 Å². The van der Waals surface area contributed by atoms with E-state index in [0.717, 1.165) is 35.8 Å². The summed E-state index contributed by atoms with van der Waals surface area (Å²) in [5.41, 5.74) is 2.17. The summed E-state index contributed by atoms with van der Waals surface area (Å²) in [6.07, 6.45) is 4.30. The Balaban J connectivity index is 1.55. The average Bonchev–Trinajstić information content (AvgIpc) is 3.29. The van der Waals surface area contributed by atoms with Gasteiger partial charge in [0.25, 0.3) is 0 Å². The Bertz CT molecular complexity index is 925. The van der Waals surface area contributed by atoms with Crippen LogP contribution in [0.4, 0.5) is 5.69 Å². The molecule has 1 fully saturated rings. The second-order valence-corrected chi connectivity index (χ2v) is 7.13. The number of anilines is 1. The molecule has 134 valence electrons. The number of nitrogens with zero attached hydrogens (tertiary/aromatic N) is 2. The minimum atomic E-state index is -0.170. The molecule has 1 N–H and O–H groups in total. The molecule has 0 unspecified atom stereocenters. The Kier molecular flexibility index (Phi) is 4.51. The van der Waals surface area contributed by atoms with Gasteiger partial charge in [-0.2, -0.15) is 0 Å². The topological polar surface area (TPSA) is 37.3 Å². The number of hydrogen-bond acceptors (Lipinski definition) is 2. The highest BCUT2D eigenvalue weighted by Crippen LogP contribution is 2.34. The molecule has 1 saturated heterocycles. The van der Waals surface area contributed by atoms with Gasteiger partial charge in [-0.3, -0.25) is 9.69 Å². The van der Waals surface area contributed by atoms with E-state index >= 15 is 0 Å². The Morgan fingerprint density at radius 3 is 2.73 bits per heavy atom. The van der Waals surface area contributed by atoms with Crippen LogP contribution in [0.5, 0.6) is 0 Å². The number of carbonyl (C=O) groups is 1. The van der Waals surface area contributed by atoms with E-state index in [2.05, 4.69) is 58.4 Å². The number of fused-ring (bicyclic) bond motifs is 1. The molecule has 4 heteroatoms. The van der Waals surface area contributed by atoms with E-state index in [-0.39, 0.29) is 11.9 Å². The summed E-state index contributed by atoms with van der Waals surface area (Å²) in [5.74, 6) is 0.0578. The first-order chi connectivity index (χ1) is 12.6. The zero-order valence-electron chi connectivity index (χ0n) is 15.4. The maximum absolute atomic E-state index is 13.0. The molecule has 3 aromatic rings. The lowest BCUT2D eigenvalue weighted by molar-refractivity contribution is -0.121. The highest BCUT2D eigenvalue weighted by Gasteiger charge is 2.34. The van der Waals surface area contributed by atoms with E-state index < -0.39 is 0 Å². The molecular formula is C22H25N3O. The van der Waals surface area contributed by atoms with Crippen molar-refractivity contribution in [2.24, 2.45) is 7.05 Å². The maximum Gasteiger partial charge on any atom is 0.241 e. The standard InChI is InChI=1S/C22H25N3O/c1-16(25-15-7-13-21(25)20-12-6-14-24(20)2)22(26)23-19-11-5-9-17-8-3-4-10-18(17)19/h3-6,8-12,14,16,21H,7,13,15H2,1-2H3,(H,23,26)/t16-,21-/m1/s1. The predicted octanol–water partition coefficient (Wildman–Crippen LogP) is 4.34. The fraction of sp³-hybridized carbons (Fsp3) is 0.318. The molecule has 1 aliphatic rings. The largest absolute Gasteiger partial charge is 0.353 e. The van der Waals surface area contributed by atoms with Crippen molar-refractivity contribution in [1.82, 2.24) is 9.47 Å². The lowest BCUT2D eigenvalue weighted by Crippen LogP contribution is -2.42. The summed E-state index contributed by atoms with van der Waals surface area (Å²) in [6, 6.07) is 18.6. The van der Waals surface area contributed by atoms with E-state index in [4.69, 9.17) is 0 Å². The molecule has 4 nitrogen and oxygen atoms in total. The molecular weight excluding hydrogens is 322 g/mol. The number of carbonyl (C=O) groups excluding carboxylic acids is 1. The van der Waals surface area contributed by atoms with Gasteiger partial charge in [-0.05, 0) is 49.9 Å². The van der Waals surface area contributed by atoms with Gasteiger partial charge in [0.05, 0.1) is 12.1 Å². The van der Waals surface area contributed by atoms with Crippen molar-refractivity contribution in [3.63, 3.8) is 0 Å². The van der Waals surface area contributed by atoms with Gasteiger partial charge in [0, 0.05) is 30.0 Å². The lowest BCUT2D eigenvalue weighted by Gasteiger charge is -2.30. The Morgan fingerprint density at radius 2 is 1.92 bits per heavy atom. The van der Waals surface area contributed by atoms with E-state index in [1.165, 1.54) is 5.69 Å². The zero-order chi connectivity index (χ0) is 18.1. The van der Waals surface area contributed by atoms with Gasteiger partial charge in [0.2, 0.25) is 5.91 Å². The molecule has 4 rings (SSSR count). The summed E-state index contributed by atoms with van der Waals surface area (Å²) >= 11 is 0. The number of amides is 1. The molecule has 1 aliphatic heterocycles. The molecule has 2 heterocycles. The van der Waals surface area contributed by atoms with Gasteiger partial charge in [0.15, 0.2) is 0 Å². The summed E-state index contributed by atoms with van der Waals surface area (Å²) in [4.78, 5) is 15.3. The molecule has 0 spiro atoms. The van der Waals surface area contributed by atoms with Crippen LogP contribution in [-0.4, -0.2) is 28.0 Å². The normalized spacial score (nSPS) is 18.9. The fourth-order valence-corrected chi connectivity index (χ4v) is 4.11. The molecule has 2 aromatic carbocycles. The third-order valence-corrected chi connectivity index (χ3v) is 5.54. The fourth-order valence-electron chi connectivity index (χ4n) is 4.11. The highest BCUT2D eigenvalue weighted by atomic mass is 16.2. The predicted molar refractivity (Wildman–Crippen MR) is 106 cm³/mol. The quantitative estimate of drug-likeness (QED) is 0.762. The number of benzene rings is 2. The van der Waals surface area contributed by atoms with Crippen LogP contribution in [0.2, 0.25) is 0 Å². The first kappa shape index (κ1) is 16.9. The van der Waals surface area contributed by atoms with Gasteiger partial charge >= 0.3 is 0 Å². The summed E-state index contributed by atoms with van der Waals surface area (Å²) in [7, 11) is 2.08. The van der Waals surface area contributed by atoms with Crippen molar-refractivity contribution in [3.05, 3.63) is 66.5 Å². The number of aryl methyl sites for hydroxylation is 1. The highest BCUT2D eigenvalue weighted by molar-refractivity contribution is 6.03. The molecule has 1 amide bonds. The molecule has 0 bridgehead atoms. The minimum absolute atomic E-state index is 0.0578. The van der Waals surface area contributed by atoms with Crippen molar-refractivity contribution in [2.45, 2.75) is 31.8 Å². The van der Waals surface area contributed by atoms with Gasteiger partial charge in [-0.15, -0.1) is 0 Å². The third-order valence-electron chi connectivity index (χ3n) is 5.54. The summed E-state index contributed by atoms with van der Waals surface area (Å²) in [6.45, 7) is 2.97. The van der Waals surface area contributed by atoms with Crippen LogP contribution in [0.25, 0.3) is 10.8 Å². The third kappa shape index (κ3) is 3.01. The van der Waals surface area contributed by atoms with Crippen LogP contribution in [0.15, 0.2) is 60.8 Å². The van der Waals surface area contributed by atoms with Crippen LogP contribution < -0.4 is 5.32 Å². The molecule has 0 aliphatic carbocycles. The van der Waals surface area contributed by atoms with Crippen LogP contribution in [0, 0.1) is 0 Å². The molecule has 0 saturated carbocycles. The smallest absolute Gasteiger partial charge is 0.241 e. The first-order valence-corrected chi connectivity index (χ1v) is 9.31.